The van der Waals surface area contributed by atoms with E-state index in [0.717, 1.165) is 37.9 Å². The Morgan fingerprint density at radius 2 is 1.90 bits per heavy atom. The van der Waals surface area contributed by atoms with Crippen molar-refractivity contribution >= 4 is 29.9 Å². The minimum atomic E-state index is 0. The Balaban J connectivity index is 0.00000220. The molecule has 0 radical (unpaired) electrons. The summed E-state index contributed by atoms with van der Waals surface area (Å²) in [7, 11) is 1.88. The van der Waals surface area contributed by atoms with Gasteiger partial charge in [-0.15, -0.1) is 24.0 Å². The SMILES string of the molecule is CCCNC(=NC)N1CCC(Cc2ccccc2)CC1.I. The number of rotatable bonds is 4. The Kier molecular flexibility index (Phi) is 8.73. The highest BCUT2D eigenvalue weighted by atomic mass is 127. The fraction of sp³-hybridized carbons (Fsp3) is 0.588. The molecule has 1 heterocycles. The summed E-state index contributed by atoms with van der Waals surface area (Å²) in [5.41, 5.74) is 1.47. The number of benzene rings is 1. The van der Waals surface area contributed by atoms with Gasteiger partial charge in [-0.25, -0.2) is 0 Å². The standard InChI is InChI=1S/C17H27N3.HI/c1-3-11-19-17(18-2)20-12-9-16(10-13-20)14-15-7-5-4-6-8-15;/h4-8,16H,3,9-14H2,1-2H3,(H,18,19);1H. The molecule has 1 aliphatic rings. The Labute approximate surface area is 146 Å². The average molecular weight is 401 g/mol. The topological polar surface area (TPSA) is 27.6 Å². The zero-order chi connectivity index (χ0) is 14.2. The van der Waals surface area contributed by atoms with Crippen molar-refractivity contribution < 1.29 is 0 Å². The summed E-state index contributed by atoms with van der Waals surface area (Å²) >= 11 is 0. The predicted molar refractivity (Wildman–Crippen MR) is 102 cm³/mol. The lowest BCUT2D eigenvalue weighted by Gasteiger charge is -2.34. The van der Waals surface area contributed by atoms with Gasteiger partial charge in [-0.2, -0.15) is 0 Å². The molecule has 0 spiro atoms. The summed E-state index contributed by atoms with van der Waals surface area (Å²) in [6, 6.07) is 10.9. The van der Waals surface area contributed by atoms with Crippen LogP contribution in [0.3, 0.4) is 0 Å². The zero-order valence-electron chi connectivity index (χ0n) is 13.2. The van der Waals surface area contributed by atoms with E-state index < -0.39 is 0 Å². The van der Waals surface area contributed by atoms with Crippen molar-refractivity contribution in [1.82, 2.24) is 10.2 Å². The van der Waals surface area contributed by atoms with Crippen LogP contribution in [0.2, 0.25) is 0 Å². The van der Waals surface area contributed by atoms with Crippen molar-refractivity contribution in [2.24, 2.45) is 10.9 Å². The van der Waals surface area contributed by atoms with Crippen LogP contribution in [0.15, 0.2) is 35.3 Å². The first-order chi connectivity index (χ1) is 9.83. The van der Waals surface area contributed by atoms with Gasteiger partial charge in [0, 0.05) is 26.7 Å². The van der Waals surface area contributed by atoms with Crippen molar-refractivity contribution in [3.63, 3.8) is 0 Å². The molecule has 1 aromatic rings. The number of hydrogen-bond acceptors (Lipinski definition) is 1. The maximum atomic E-state index is 4.39. The van der Waals surface area contributed by atoms with E-state index in [9.17, 15) is 0 Å². The largest absolute Gasteiger partial charge is 0.356 e. The monoisotopic (exact) mass is 401 g/mol. The molecule has 0 amide bonds. The minimum absolute atomic E-state index is 0. The molecule has 1 aromatic carbocycles. The van der Waals surface area contributed by atoms with Crippen molar-refractivity contribution in [3.8, 4) is 0 Å². The fourth-order valence-electron chi connectivity index (χ4n) is 2.87. The van der Waals surface area contributed by atoms with Gasteiger partial charge in [0.1, 0.15) is 0 Å². The second-order valence-corrected chi connectivity index (χ2v) is 5.59. The molecule has 1 aliphatic heterocycles. The van der Waals surface area contributed by atoms with Crippen molar-refractivity contribution in [3.05, 3.63) is 35.9 Å². The lowest BCUT2D eigenvalue weighted by molar-refractivity contribution is 0.259. The molecule has 4 heteroatoms. The molecule has 0 unspecified atom stereocenters. The van der Waals surface area contributed by atoms with Crippen LogP contribution in [-0.2, 0) is 6.42 Å². The molecule has 0 aromatic heterocycles. The number of nitrogens with zero attached hydrogens (tertiary/aromatic N) is 2. The average Bonchev–Trinajstić information content (AvgIpc) is 2.50. The predicted octanol–water partition coefficient (Wildman–Crippen LogP) is 3.54. The lowest BCUT2D eigenvalue weighted by atomic mass is 9.90. The first-order valence-electron chi connectivity index (χ1n) is 7.83. The molecule has 0 aliphatic carbocycles. The van der Waals surface area contributed by atoms with Gasteiger partial charge in [-0.3, -0.25) is 4.99 Å². The molecule has 1 N–H and O–H groups in total. The minimum Gasteiger partial charge on any atom is -0.356 e. The summed E-state index contributed by atoms with van der Waals surface area (Å²) in [5.74, 6) is 1.89. The highest BCUT2D eigenvalue weighted by Gasteiger charge is 2.21. The Hall–Kier alpha value is -0.780. The van der Waals surface area contributed by atoms with Gasteiger partial charge in [0.25, 0.3) is 0 Å². The first kappa shape index (κ1) is 18.3. The Morgan fingerprint density at radius 3 is 2.48 bits per heavy atom. The molecule has 3 nitrogen and oxygen atoms in total. The third-order valence-electron chi connectivity index (χ3n) is 4.03. The lowest BCUT2D eigenvalue weighted by Crippen LogP contribution is -2.46. The van der Waals surface area contributed by atoms with E-state index in [0.29, 0.717) is 0 Å². The van der Waals surface area contributed by atoms with Gasteiger partial charge < -0.3 is 10.2 Å². The summed E-state index contributed by atoms with van der Waals surface area (Å²) in [6.45, 7) is 5.45. The van der Waals surface area contributed by atoms with Gasteiger partial charge in [0.2, 0.25) is 0 Å². The van der Waals surface area contributed by atoms with Gasteiger partial charge in [0.15, 0.2) is 5.96 Å². The summed E-state index contributed by atoms with van der Waals surface area (Å²) in [5, 5.41) is 3.43. The van der Waals surface area contributed by atoms with Crippen LogP contribution < -0.4 is 5.32 Å². The molecule has 21 heavy (non-hydrogen) atoms. The van der Waals surface area contributed by atoms with Crippen LogP contribution in [0.5, 0.6) is 0 Å². The summed E-state index contributed by atoms with van der Waals surface area (Å²) in [6.07, 6.45) is 4.89. The van der Waals surface area contributed by atoms with Gasteiger partial charge in [-0.1, -0.05) is 37.3 Å². The molecule has 0 bridgehead atoms. The maximum Gasteiger partial charge on any atom is 0.193 e. The number of likely N-dealkylation sites (tertiary alicyclic amines) is 1. The third-order valence-corrected chi connectivity index (χ3v) is 4.03. The van der Waals surface area contributed by atoms with E-state index >= 15 is 0 Å². The number of hydrogen-bond donors (Lipinski definition) is 1. The summed E-state index contributed by atoms with van der Waals surface area (Å²) in [4.78, 5) is 6.79. The van der Waals surface area contributed by atoms with Crippen molar-refractivity contribution in [1.29, 1.82) is 0 Å². The van der Waals surface area contributed by atoms with Crippen LogP contribution in [0.1, 0.15) is 31.7 Å². The molecular formula is C17H28IN3. The molecule has 0 atom stereocenters. The van der Waals surface area contributed by atoms with Gasteiger partial charge >= 0.3 is 0 Å². The van der Waals surface area contributed by atoms with E-state index in [1.165, 1.54) is 24.8 Å². The normalized spacial score (nSPS) is 16.5. The Morgan fingerprint density at radius 1 is 1.24 bits per heavy atom. The van der Waals surface area contributed by atoms with Crippen LogP contribution in [-0.4, -0.2) is 37.5 Å². The number of halogens is 1. The van der Waals surface area contributed by atoms with Gasteiger partial charge in [-0.05, 0) is 37.2 Å². The van der Waals surface area contributed by atoms with E-state index in [-0.39, 0.29) is 24.0 Å². The summed E-state index contributed by atoms with van der Waals surface area (Å²) < 4.78 is 0. The number of nitrogens with one attached hydrogen (secondary N) is 1. The van der Waals surface area contributed by atoms with Crippen molar-refractivity contribution in [2.45, 2.75) is 32.6 Å². The second kappa shape index (κ2) is 10.0. The van der Waals surface area contributed by atoms with E-state index in [1.54, 1.807) is 0 Å². The number of aliphatic imine (C=N–C) groups is 1. The fourth-order valence-corrected chi connectivity index (χ4v) is 2.87. The maximum absolute atomic E-state index is 4.39. The first-order valence-corrected chi connectivity index (χ1v) is 7.83. The highest BCUT2D eigenvalue weighted by Crippen LogP contribution is 2.21. The highest BCUT2D eigenvalue weighted by molar-refractivity contribution is 14.0. The molecule has 2 rings (SSSR count). The van der Waals surface area contributed by atoms with Crippen molar-refractivity contribution in [2.75, 3.05) is 26.7 Å². The molecular weight excluding hydrogens is 373 g/mol. The van der Waals surface area contributed by atoms with Crippen LogP contribution in [0.25, 0.3) is 0 Å². The number of piperidine rings is 1. The van der Waals surface area contributed by atoms with Crippen LogP contribution in [0.4, 0.5) is 0 Å². The quantitative estimate of drug-likeness (QED) is 0.475. The molecule has 1 fully saturated rings. The van der Waals surface area contributed by atoms with Crippen LogP contribution in [0, 0.1) is 5.92 Å². The molecule has 1 saturated heterocycles. The zero-order valence-corrected chi connectivity index (χ0v) is 15.5. The molecule has 0 saturated carbocycles. The van der Waals surface area contributed by atoms with E-state index in [2.05, 4.69) is 52.5 Å². The van der Waals surface area contributed by atoms with E-state index in [4.69, 9.17) is 0 Å². The third kappa shape index (κ3) is 5.85. The van der Waals surface area contributed by atoms with Crippen LogP contribution >= 0.6 is 24.0 Å². The van der Waals surface area contributed by atoms with Gasteiger partial charge in [0.05, 0.1) is 0 Å². The second-order valence-electron chi connectivity index (χ2n) is 5.59. The van der Waals surface area contributed by atoms with E-state index in [1.807, 2.05) is 7.05 Å². The number of guanidine groups is 1. The Bertz CT molecular complexity index is 411. The smallest absolute Gasteiger partial charge is 0.193 e. The molecule has 118 valence electrons.